The Morgan fingerprint density at radius 1 is 1.41 bits per heavy atom. The second-order valence-corrected chi connectivity index (χ2v) is 5.34. The summed E-state index contributed by atoms with van der Waals surface area (Å²) in [6, 6.07) is 8.10. The number of hydrogen-bond acceptors (Lipinski definition) is 1. The molecular formula is C14H14N2O. The van der Waals surface area contributed by atoms with E-state index in [2.05, 4.69) is 11.1 Å². The van der Waals surface area contributed by atoms with Gasteiger partial charge in [-0.2, -0.15) is 0 Å². The number of aromatic amines is 1. The molecule has 2 saturated carbocycles. The number of carbonyl (C=O) groups is 1. The summed E-state index contributed by atoms with van der Waals surface area (Å²) in [5.74, 6) is 0.991. The van der Waals surface area contributed by atoms with Crippen molar-refractivity contribution in [1.82, 2.24) is 4.98 Å². The number of nitrogens with zero attached hydrogens (tertiary/aromatic N) is 1. The van der Waals surface area contributed by atoms with Crippen molar-refractivity contribution in [2.45, 2.75) is 12.8 Å². The van der Waals surface area contributed by atoms with E-state index < -0.39 is 0 Å². The zero-order chi connectivity index (χ0) is 11.6. The Morgan fingerprint density at radius 2 is 2.18 bits per heavy atom. The third kappa shape index (κ3) is 1.09. The lowest BCUT2D eigenvalue weighted by Crippen LogP contribution is -2.30. The van der Waals surface area contributed by atoms with Crippen LogP contribution < -0.4 is 4.90 Å². The minimum Gasteiger partial charge on any atom is -0.359 e. The van der Waals surface area contributed by atoms with Crippen LogP contribution in [0.5, 0.6) is 0 Å². The number of nitrogens with one attached hydrogen (secondary N) is 1. The zero-order valence-corrected chi connectivity index (χ0v) is 9.73. The second kappa shape index (κ2) is 2.73. The number of fused-ring (bicyclic) bond motifs is 2. The highest BCUT2D eigenvalue weighted by atomic mass is 16.2. The predicted molar refractivity (Wildman–Crippen MR) is 66.9 cm³/mol. The van der Waals surface area contributed by atoms with E-state index in [1.165, 1.54) is 0 Å². The summed E-state index contributed by atoms with van der Waals surface area (Å²) in [7, 11) is 1.89. The molecule has 86 valence electrons. The van der Waals surface area contributed by atoms with Crippen molar-refractivity contribution in [2.75, 3.05) is 11.9 Å². The van der Waals surface area contributed by atoms with Gasteiger partial charge in [0.15, 0.2) is 0 Å². The molecule has 4 rings (SSSR count). The number of aromatic nitrogens is 1. The lowest BCUT2D eigenvalue weighted by Gasteiger charge is -2.19. The Hall–Kier alpha value is -1.77. The molecular weight excluding hydrogens is 212 g/mol. The fourth-order valence-corrected chi connectivity index (χ4v) is 2.84. The van der Waals surface area contributed by atoms with Crippen LogP contribution in [0.4, 0.5) is 5.69 Å². The van der Waals surface area contributed by atoms with Gasteiger partial charge in [0.1, 0.15) is 0 Å². The monoisotopic (exact) mass is 226 g/mol. The molecule has 2 aliphatic rings. The minimum absolute atomic E-state index is 0.0451. The van der Waals surface area contributed by atoms with Gasteiger partial charge in [0, 0.05) is 18.6 Å². The summed E-state index contributed by atoms with van der Waals surface area (Å²) in [6.45, 7) is 0. The largest absolute Gasteiger partial charge is 0.359 e. The number of anilines is 1. The molecule has 17 heavy (non-hydrogen) atoms. The Labute approximate surface area is 99.4 Å². The summed E-state index contributed by atoms with van der Waals surface area (Å²) >= 11 is 0. The Kier molecular flexibility index (Phi) is 1.49. The van der Waals surface area contributed by atoms with E-state index in [4.69, 9.17) is 0 Å². The first kappa shape index (κ1) is 9.28. The highest BCUT2D eigenvalue weighted by Gasteiger charge is 2.75. The first-order chi connectivity index (χ1) is 8.22. The lowest BCUT2D eigenvalue weighted by atomic mass is 10.1. The zero-order valence-electron chi connectivity index (χ0n) is 9.73. The van der Waals surface area contributed by atoms with Gasteiger partial charge in [-0.05, 0) is 30.9 Å². The van der Waals surface area contributed by atoms with Gasteiger partial charge in [-0.25, -0.2) is 0 Å². The van der Waals surface area contributed by atoms with Crippen molar-refractivity contribution in [3.05, 3.63) is 30.5 Å². The Balaban J connectivity index is 1.78. The molecule has 1 N–H and O–H groups in total. The number of carbonyl (C=O) groups excluding carboxylic acids is 1. The maximum Gasteiger partial charge on any atom is 0.233 e. The molecule has 1 aromatic heterocycles. The second-order valence-electron chi connectivity index (χ2n) is 5.34. The van der Waals surface area contributed by atoms with Crippen LogP contribution in [0.1, 0.15) is 12.8 Å². The third-order valence-electron chi connectivity index (χ3n) is 4.34. The van der Waals surface area contributed by atoms with Gasteiger partial charge in [-0.3, -0.25) is 4.79 Å². The Morgan fingerprint density at radius 3 is 2.88 bits per heavy atom. The third-order valence-corrected chi connectivity index (χ3v) is 4.34. The van der Waals surface area contributed by atoms with Crippen LogP contribution in [-0.4, -0.2) is 17.9 Å². The molecule has 0 atom stereocenters. The van der Waals surface area contributed by atoms with Crippen LogP contribution in [0, 0.1) is 11.3 Å². The molecule has 0 spiro atoms. The molecule has 3 nitrogen and oxygen atoms in total. The smallest absolute Gasteiger partial charge is 0.233 e. The predicted octanol–water partition coefficient (Wildman–Crippen LogP) is 2.54. The van der Waals surface area contributed by atoms with Crippen LogP contribution >= 0.6 is 0 Å². The van der Waals surface area contributed by atoms with Crippen LogP contribution in [0.25, 0.3) is 10.9 Å². The number of para-hydroxylation sites is 1. The van der Waals surface area contributed by atoms with Crippen LogP contribution in [0.2, 0.25) is 0 Å². The average molecular weight is 226 g/mol. The van der Waals surface area contributed by atoms with Crippen molar-refractivity contribution in [3.8, 4) is 0 Å². The first-order valence-corrected chi connectivity index (χ1v) is 6.07. The van der Waals surface area contributed by atoms with Gasteiger partial charge in [-0.1, -0.05) is 12.1 Å². The normalized spacial score (nSPS) is 28.9. The maximum absolute atomic E-state index is 12.3. The van der Waals surface area contributed by atoms with Crippen LogP contribution in [0.3, 0.4) is 0 Å². The van der Waals surface area contributed by atoms with Gasteiger partial charge in [0.05, 0.1) is 16.6 Å². The van der Waals surface area contributed by atoms with E-state index in [1.807, 2.05) is 36.3 Å². The fraction of sp³-hybridized carbons (Fsp3) is 0.357. The summed E-state index contributed by atoms with van der Waals surface area (Å²) in [5.41, 5.74) is 2.09. The van der Waals surface area contributed by atoms with Gasteiger partial charge in [0.2, 0.25) is 5.91 Å². The molecule has 2 fully saturated rings. The van der Waals surface area contributed by atoms with Crippen molar-refractivity contribution in [3.63, 3.8) is 0 Å². The fourth-order valence-electron chi connectivity index (χ4n) is 2.84. The Bertz CT molecular complexity index is 622. The van der Waals surface area contributed by atoms with Crippen molar-refractivity contribution < 1.29 is 4.79 Å². The summed E-state index contributed by atoms with van der Waals surface area (Å²) in [5, 5.41) is 1.16. The standard InChI is InChI=1S/C14H14N2O/c1-16(13(17)14-7-10(14)8-14)11-4-2-3-9-5-6-15-12(9)11/h2-6,10,15H,7-8H2,1H3. The number of hydrogen-bond donors (Lipinski definition) is 1. The number of amides is 1. The van der Waals surface area contributed by atoms with E-state index in [-0.39, 0.29) is 5.41 Å². The molecule has 2 aromatic rings. The SMILES string of the molecule is CN(C(=O)C12CC1C2)c1cccc2cc[nH]c12. The van der Waals surface area contributed by atoms with Gasteiger partial charge in [-0.15, -0.1) is 0 Å². The van der Waals surface area contributed by atoms with E-state index in [1.54, 1.807) is 0 Å². The van der Waals surface area contributed by atoms with E-state index >= 15 is 0 Å². The molecule has 1 heterocycles. The summed E-state index contributed by atoms with van der Waals surface area (Å²) in [6.07, 6.45) is 4.13. The topological polar surface area (TPSA) is 36.1 Å². The molecule has 2 aliphatic carbocycles. The van der Waals surface area contributed by atoms with Crippen molar-refractivity contribution in [2.24, 2.45) is 11.3 Å². The molecule has 1 amide bonds. The molecule has 0 bridgehead atoms. The molecule has 3 heteroatoms. The number of H-pyrrole nitrogens is 1. The molecule has 1 aromatic carbocycles. The number of benzene rings is 1. The average Bonchev–Trinajstić information content (AvgIpc) is 3.13. The van der Waals surface area contributed by atoms with E-state index in [0.29, 0.717) is 11.8 Å². The van der Waals surface area contributed by atoms with Gasteiger partial charge in [0.25, 0.3) is 0 Å². The van der Waals surface area contributed by atoms with E-state index in [0.717, 1.165) is 29.4 Å². The van der Waals surface area contributed by atoms with Crippen LogP contribution in [0.15, 0.2) is 30.5 Å². The lowest BCUT2D eigenvalue weighted by molar-refractivity contribution is -0.121. The molecule has 0 aliphatic heterocycles. The van der Waals surface area contributed by atoms with Gasteiger partial charge < -0.3 is 9.88 Å². The summed E-state index contributed by atoms with van der Waals surface area (Å²) in [4.78, 5) is 17.4. The van der Waals surface area contributed by atoms with Crippen LogP contribution in [-0.2, 0) is 4.79 Å². The molecule has 0 unspecified atom stereocenters. The van der Waals surface area contributed by atoms with Crippen molar-refractivity contribution in [1.29, 1.82) is 0 Å². The highest BCUT2D eigenvalue weighted by molar-refractivity contribution is 6.07. The summed E-state index contributed by atoms with van der Waals surface area (Å²) < 4.78 is 0. The first-order valence-electron chi connectivity index (χ1n) is 6.07. The van der Waals surface area contributed by atoms with E-state index in [9.17, 15) is 4.79 Å². The highest BCUT2D eigenvalue weighted by Crippen LogP contribution is 2.76. The minimum atomic E-state index is 0.0451. The van der Waals surface area contributed by atoms with Gasteiger partial charge >= 0.3 is 0 Å². The quantitative estimate of drug-likeness (QED) is 0.839. The van der Waals surface area contributed by atoms with Crippen molar-refractivity contribution >= 4 is 22.5 Å². The maximum atomic E-state index is 12.3. The molecule has 0 radical (unpaired) electrons. The number of rotatable bonds is 2. The molecule has 0 saturated heterocycles.